The molecule has 6 heteroatoms. The normalized spacial score (nSPS) is 18.2. The molecule has 1 aromatic carbocycles. The Morgan fingerprint density at radius 3 is 2.86 bits per heavy atom. The lowest BCUT2D eigenvalue weighted by molar-refractivity contribution is -0.125. The molecule has 1 aromatic rings. The number of carbonyl (C=O) groups is 2. The fraction of sp³-hybridized carbons (Fsp3) is 0.333. The van der Waals surface area contributed by atoms with Crippen LogP contribution in [0.25, 0.3) is 6.08 Å². The molecule has 1 saturated heterocycles. The molecule has 1 heterocycles. The van der Waals surface area contributed by atoms with E-state index < -0.39 is 0 Å². The average Bonchev–Trinajstić information content (AvgIpc) is 2.95. The molecule has 1 aliphatic rings. The van der Waals surface area contributed by atoms with E-state index in [1.54, 1.807) is 36.3 Å². The molecule has 21 heavy (non-hydrogen) atoms. The van der Waals surface area contributed by atoms with E-state index in [2.05, 4.69) is 0 Å². The Hall–Kier alpha value is -2.01. The molecule has 1 fully saturated rings. The van der Waals surface area contributed by atoms with Crippen LogP contribution in [0, 0.1) is 5.92 Å². The Bertz CT molecular complexity index is 586. The standard InChI is InChI=1S/C15H17ClN2O3/c1-21-13-4-3-12(16)8-10(13)2-5-14(19)18-7-6-11(9-18)15(17)20/h2-5,8,11H,6-7,9H2,1H3,(H2,17,20)/b5-2+/t11-/m1/s1. The van der Waals surface area contributed by atoms with Crippen molar-refractivity contribution < 1.29 is 14.3 Å². The van der Waals surface area contributed by atoms with Crippen molar-refractivity contribution in [3.05, 3.63) is 34.9 Å². The van der Waals surface area contributed by atoms with Crippen LogP contribution < -0.4 is 10.5 Å². The van der Waals surface area contributed by atoms with Gasteiger partial charge in [-0.2, -0.15) is 0 Å². The Morgan fingerprint density at radius 1 is 1.48 bits per heavy atom. The molecule has 0 spiro atoms. The van der Waals surface area contributed by atoms with Gasteiger partial charge in [0.2, 0.25) is 11.8 Å². The van der Waals surface area contributed by atoms with Gasteiger partial charge in [-0.05, 0) is 30.7 Å². The van der Waals surface area contributed by atoms with Gasteiger partial charge in [-0.3, -0.25) is 9.59 Å². The zero-order valence-corrected chi connectivity index (χ0v) is 12.5. The fourth-order valence-corrected chi connectivity index (χ4v) is 2.48. The molecule has 2 amide bonds. The van der Waals surface area contributed by atoms with Gasteiger partial charge in [0.25, 0.3) is 0 Å². The van der Waals surface area contributed by atoms with Gasteiger partial charge >= 0.3 is 0 Å². The van der Waals surface area contributed by atoms with E-state index in [1.807, 2.05) is 0 Å². The number of nitrogens with zero attached hydrogens (tertiary/aromatic N) is 1. The maximum atomic E-state index is 12.1. The number of benzene rings is 1. The van der Waals surface area contributed by atoms with Gasteiger partial charge in [0.05, 0.1) is 13.0 Å². The molecule has 2 rings (SSSR count). The van der Waals surface area contributed by atoms with E-state index in [9.17, 15) is 9.59 Å². The van der Waals surface area contributed by atoms with Gasteiger partial charge in [-0.1, -0.05) is 11.6 Å². The number of hydrogen-bond acceptors (Lipinski definition) is 3. The first-order valence-corrected chi connectivity index (χ1v) is 6.99. The molecule has 0 radical (unpaired) electrons. The topological polar surface area (TPSA) is 72.6 Å². The molecule has 5 nitrogen and oxygen atoms in total. The minimum Gasteiger partial charge on any atom is -0.496 e. The molecular weight excluding hydrogens is 292 g/mol. The van der Waals surface area contributed by atoms with E-state index in [0.717, 1.165) is 5.56 Å². The molecule has 1 atom stereocenters. The summed E-state index contributed by atoms with van der Waals surface area (Å²) in [6.07, 6.45) is 3.73. The van der Waals surface area contributed by atoms with E-state index in [1.165, 1.54) is 6.08 Å². The first-order chi connectivity index (χ1) is 10.0. The predicted molar refractivity (Wildman–Crippen MR) is 80.9 cm³/mol. The number of nitrogens with two attached hydrogens (primary N) is 1. The first-order valence-electron chi connectivity index (χ1n) is 6.61. The van der Waals surface area contributed by atoms with Gasteiger partial charge in [0.15, 0.2) is 0 Å². The van der Waals surface area contributed by atoms with Crippen molar-refractivity contribution in [2.75, 3.05) is 20.2 Å². The van der Waals surface area contributed by atoms with Crippen LogP contribution in [0.1, 0.15) is 12.0 Å². The van der Waals surface area contributed by atoms with Crippen molar-refractivity contribution in [1.82, 2.24) is 4.90 Å². The lowest BCUT2D eigenvalue weighted by atomic mass is 10.1. The van der Waals surface area contributed by atoms with Crippen molar-refractivity contribution in [3.8, 4) is 5.75 Å². The quantitative estimate of drug-likeness (QED) is 0.860. The molecule has 0 aliphatic carbocycles. The zero-order valence-electron chi connectivity index (χ0n) is 11.7. The largest absolute Gasteiger partial charge is 0.496 e. The third kappa shape index (κ3) is 3.76. The van der Waals surface area contributed by atoms with Crippen LogP contribution in [0.2, 0.25) is 5.02 Å². The molecule has 0 unspecified atom stereocenters. The minimum atomic E-state index is -0.356. The van der Waals surface area contributed by atoms with Crippen LogP contribution in [0.15, 0.2) is 24.3 Å². The number of hydrogen-bond donors (Lipinski definition) is 1. The van der Waals surface area contributed by atoms with Crippen LogP contribution in [0.5, 0.6) is 5.75 Å². The highest BCUT2D eigenvalue weighted by molar-refractivity contribution is 6.30. The van der Waals surface area contributed by atoms with Gasteiger partial charge in [-0.15, -0.1) is 0 Å². The number of ether oxygens (including phenoxy) is 1. The van der Waals surface area contributed by atoms with Crippen molar-refractivity contribution in [1.29, 1.82) is 0 Å². The lowest BCUT2D eigenvalue weighted by Gasteiger charge is -2.13. The number of amides is 2. The second-order valence-electron chi connectivity index (χ2n) is 4.89. The van der Waals surface area contributed by atoms with Crippen molar-refractivity contribution in [3.63, 3.8) is 0 Å². The summed E-state index contributed by atoms with van der Waals surface area (Å²) in [6.45, 7) is 0.925. The summed E-state index contributed by atoms with van der Waals surface area (Å²) in [7, 11) is 1.56. The van der Waals surface area contributed by atoms with Crippen molar-refractivity contribution in [2.45, 2.75) is 6.42 Å². The molecule has 2 N–H and O–H groups in total. The van der Waals surface area contributed by atoms with Crippen molar-refractivity contribution >= 4 is 29.5 Å². The lowest BCUT2D eigenvalue weighted by Crippen LogP contribution is -2.30. The number of halogens is 1. The van der Waals surface area contributed by atoms with Crippen LogP contribution in [0.4, 0.5) is 0 Å². The summed E-state index contributed by atoms with van der Waals surface area (Å²) in [5.41, 5.74) is 5.98. The highest BCUT2D eigenvalue weighted by atomic mass is 35.5. The first kappa shape index (κ1) is 15.4. The van der Waals surface area contributed by atoms with Gasteiger partial charge in [0.1, 0.15) is 5.75 Å². The molecule has 0 aromatic heterocycles. The predicted octanol–water partition coefficient (Wildman–Crippen LogP) is 1.70. The Labute approximate surface area is 128 Å². The van der Waals surface area contributed by atoms with Gasteiger partial charge < -0.3 is 15.4 Å². The third-order valence-corrected chi connectivity index (χ3v) is 3.73. The Morgan fingerprint density at radius 2 is 2.24 bits per heavy atom. The molecule has 0 bridgehead atoms. The minimum absolute atomic E-state index is 0.152. The SMILES string of the molecule is COc1ccc(Cl)cc1/C=C/C(=O)N1CC[C@@H](C(N)=O)C1. The zero-order chi connectivity index (χ0) is 15.4. The Kier molecular flexibility index (Phi) is 4.85. The number of rotatable bonds is 4. The highest BCUT2D eigenvalue weighted by Crippen LogP contribution is 2.24. The maximum Gasteiger partial charge on any atom is 0.246 e. The highest BCUT2D eigenvalue weighted by Gasteiger charge is 2.28. The number of likely N-dealkylation sites (tertiary alicyclic amines) is 1. The number of carbonyl (C=O) groups excluding carboxylic acids is 2. The smallest absolute Gasteiger partial charge is 0.246 e. The summed E-state index contributed by atoms with van der Waals surface area (Å²) in [6, 6.07) is 5.18. The summed E-state index contributed by atoms with van der Waals surface area (Å²) in [4.78, 5) is 24.8. The second-order valence-corrected chi connectivity index (χ2v) is 5.33. The van der Waals surface area contributed by atoms with E-state index in [4.69, 9.17) is 22.1 Å². The van der Waals surface area contributed by atoms with Crippen LogP contribution in [0.3, 0.4) is 0 Å². The van der Waals surface area contributed by atoms with E-state index >= 15 is 0 Å². The molecule has 0 saturated carbocycles. The monoisotopic (exact) mass is 308 g/mol. The van der Waals surface area contributed by atoms with Crippen LogP contribution in [-0.4, -0.2) is 36.9 Å². The van der Waals surface area contributed by atoms with Crippen molar-refractivity contribution in [2.24, 2.45) is 11.7 Å². The fourth-order valence-electron chi connectivity index (χ4n) is 2.29. The van der Waals surface area contributed by atoms with E-state index in [-0.39, 0.29) is 17.7 Å². The summed E-state index contributed by atoms with van der Waals surface area (Å²) in [5.74, 6) is -0.116. The van der Waals surface area contributed by atoms with Crippen LogP contribution >= 0.6 is 11.6 Å². The summed E-state index contributed by atoms with van der Waals surface area (Å²) < 4.78 is 5.21. The molecular formula is C15H17ClN2O3. The Balaban J connectivity index is 2.06. The van der Waals surface area contributed by atoms with E-state index in [0.29, 0.717) is 30.3 Å². The molecule has 112 valence electrons. The van der Waals surface area contributed by atoms with Gasteiger partial charge in [0, 0.05) is 29.8 Å². The van der Waals surface area contributed by atoms with Gasteiger partial charge in [-0.25, -0.2) is 0 Å². The third-order valence-electron chi connectivity index (χ3n) is 3.50. The summed E-state index contributed by atoms with van der Waals surface area (Å²) in [5, 5.41) is 0.567. The number of methoxy groups -OCH3 is 1. The van der Waals surface area contributed by atoms with Crippen LogP contribution in [-0.2, 0) is 9.59 Å². The second kappa shape index (κ2) is 6.63. The maximum absolute atomic E-state index is 12.1. The average molecular weight is 309 g/mol. The number of primary amides is 1. The summed E-state index contributed by atoms with van der Waals surface area (Å²) >= 11 is 5.93. The molecule has 1 aliphatic heterocycles.